The third-order valence-corrected chi connectivity index (χ3v) is 6.79. The number of amides is 1. The second-order valence-corrected chi connectivity index (χ2v) is 8.80. The van der Waals surface area contributed by atoms with E-state index >= 15 is 0 Å². The quantitative estimate of drug-likeness (QED) is 0.418. The minimum atomic E-state index is -1.50. The topological polar surface area (TPSA) is 81.7 Å². The molecule has 2 bridgehead atoms. The molecule has 178 valence electrons. The summed E-state index contributed by atoms with van der Waals surface area (Å²) in [5.74, 6) is -4.25. The first-order chi connectivity index (χ1) is 16.9. The predicted octanol–water partition coefficient (Wildman–Crippen LogP) is 3.77. The fraction of sp³-hybridized carbons (Fsp3) is 0.292. The molecule has 1 saturated heterocycles. The van der Waals surface area contributed by atoms with Crippen molar-refractivity contribution in [3.05, 3.63) is 77.3 Å². The maximum Gasteiger partial charge on any atom is 0.275 e. The van der Waals surface area contributed by atoms with Gasteiger partial charge >= 0.3 is 0 Å². The predicted molar refractivity (Wildman–Crippen MR) is 118 cm³/mol. The molecule has 4 aromatic rings. The third kappa shape index (κ3) is 3.33. The second kappa shape index (κ2) is 8.03. The van der Waals surface area contributed by atoms with Gasteiger partial charge in [0.25, 0.3) is 5.91 Å². The number of rotatable bonds is 3. The Morgan fingerprint density at radius 3 is 2.54 bits per heavy atom. The fourth-order valence-corrected chi connectivity index (χ4v) is 5.39. The maximum absolute atomic E-state index is 14.0. The monoisotopic (exact) mass is 479 g/mol. The second-order valence-electron chi connectivity index (χ2n) is 8.80. The first kappa shape index (κ1) is 21.5. The SMILES string of the molecule is Cn1nc2c(c1-c1cc(F)c(F)c(F)c1)C[C@H]1CCC[C@@H]2N1C(=O)c1ncccc1-n1nccn1. The van der Waals surface area contributed by atoms with Gasteiger partial charge in [-0.25, -0.2) is 18.2 Å². The van der Waals surface area contributed by atoms with Crippen molar-refractivity contribution >= 4 is 5.91 Å². The number of piperidine rings is 1. The van der Waals surface area contributed by atoms with Crippen molar-refractivity contribution in [3.8, 4) is 16.9 Å². The molecule has 8 nitrogen and oxygen atoms in total. The lowest BCUT2D eigenvalue weighted by Gasteiger charge is -2.45. The van der Waals surface area contributed by atoms with E-state index < -0.39 is 17.5 Å². The van der Waals surface area contributed by atoms with Crippen LogP contribution in [-0.4, -0.2) is 46.6 Å². The van der Waals surface area contributed by atoms with Crippen molar-refractivity contribution in [3.63, 3.8) is 0 Å². The lowest BCUT2D eigenvalue weighted by Crippen LogP contribution is -2.50. The Labute approximate surface area is 198 Å². The molecule has 0 saturated carbocycles. The Bertz CT molecular complexity index is 1430. The van der Waals surface area contributed by atoms with Crippen LogP contribution in [0.1, 0.15) is 47.1 Å². The molecule has 2 atom stereocenters. The molecule has 0 N–H and O–H groups in total. The van der Waals surface area contributed by atoms with Gasteiger partial charge in [0.15, 0.2) is 23.1 Å². The molecule has 5 heterocycles. The van der Waals surface area contributed by atoms with E-state index in [2.05, 4.69) is 20.3 Å². The van der Waals surface area contributed by atoms with Gasteiger partial charge < -0.3 is 4.90 Å². The van der Waals surface area contributed by atoms with Crippen LogP contribution in [0.4, 0.5) is 13.2 Å². The zero-order chi connectivity index (χ0) is 24.3. The molecular formula is C24H20F3N7O. The van der Waals surface area contributed by atoms with Gasteiger partial charge in [-0.3, -0.25) is 9.48 Å². The number of pyridine rings is 1. The highest BCUT2D eigenvalue weighted by Crippen LogP contribution is 2.45. The summed E-state index contributed by atoms with van der Waals surface area (Å²) in [6.45, 7) is 0. The average Bonchev–Trinajstić information content (AvgIpc) is 3.49. The zero-order valence-electron chi connectivity index (χ0n) is 18.7. The van der Waals surface area contributed by atoms with Crippen molar-refractivity contribution in [2.24, 2.45) is 7.05 Å². The number of carbonyl (C=O) groups is 1. The minimum absolute atomic E-state index is 0.146. The van der Waals surface area contributed by atoms with Crippen molar-refractivity contribution < 1.29 is 18.0 Å². The summed E-state index contributed by atoms with van der Waals surface area (Å²) in [5.41, 5.74) is 2.97. The van der Waals surface area contributed by atoms with Crippen LogP contribution in [0, 0.1) is 17.5 Å². The number of carbonyl (C=O) groups excluding carboxylic acids is 1. The van der Waals surface area contributed by atoms with E-state index in [1.807, 2.05) is 4.90 Å². The standard InChI is InChI=1S/C24H20F3N7O/c1-32-23(13-10-16(25)20(27)17(26)11-13)15-12-14-4-2-5-18(21(15)31-32)33(14)24(35)22-19(6-3-7-28-22)34-29-8-9-30-34/h3,6-11,14,18H,2,4-5,12H2,1H3/t14-,18+/m1/s1. The van der Waals surface area contributed by atoms with E-state index in [9.17, 15) is 18.0 Å². The van der Waals surface area contributed by atoms with Gasteiger partial charge in [-0.05, 0) is 49.9 Å². The van der Waals surface area contributed by atoms with Crippen LogP contribution in [-0.2, 0) is 13.5 Å². The number of aryl methyl sites for hydroxylation is 1. The number of benzene rings is 1. The normalized spacial score (nSPS) is 19.0. The number of aromatic nitrogens is 6. The summed E-state index contributed by atoms with van der Waals surface area (Å²) >= 11 is 0. The molecule has 0 radical (unpaired) electrons. The summed E-state index contributed by atoms with van der Waals surface area (Å²) in [4.78, 5) is 21.4. The molecule has 3 aromatic heterocycles. The fourth-order valence-electron chi connectivity index (χ4n) is 5.39. The molecule has 1 fully saturated rings. The van der Waals surface area contributed by atoms with Gasteiger partial charge in [0.2, 0.25) is 0 Å². The molecule has 2 aliphatic rings. The van der Waals surface area contributed by atoms with Crippen LogP contribution in [0.5, 0.6) is 0 Å². The van der Waals surface area contributed by atoms with Crippen molar-refractivity contribution in [1.82, 2.24) is 34.7 Å². The van der Waals surface area contributed by atoms with E-state index in [1.54, 1.807) is 30.1 Å². The van der Waals surface area contributed by atoms with Gasteiger partial charge in [0, 0.05) is 30.4 Å². The van der Waals surface area contributed by atoms with E-state index in [0.29, 0.717) is 29.9 Å². The number of hydrogen-bond acceptors (Lipinski definition) is 5. The lowest BCUT2D eigenvalue weighted by molar-refractivity contribution is 0.0385. The maximum atomic E-state index is 14.0. The minimum Gasteiger partial charge on any atom is -0.325 e. The Hall–Kier alpha value is -4.02. The molecule has 0 aliphatic carbocycles. The van der Waals surface area contributed by atoms with Gasteiger partial charge in [0.1, 0.15) is 5.69 Å². The molecule has 11 heteroatoms. The summed E-state index contributed by atoms with van der Waals surface area (Å²) in [6.07, 6.45) is 7.45. The average molecular weight is 479 g/mol. The highest BCUT2D eigenvalue weighted by molar-refractivity contribution is 5.96. The summed E-state index contributed by atoms with van der Waals surface area (Å²) in [5, 5.41) is 12.9. The Morgan fingerprint density at radius 1 is 1.06 bits per heavy atom. The molecule has 0 unspecified atom stereocenters. The van der Waals surface area contributed by atoms with Gasteiger partial charge in [-0.1, -0.05) is 0 Å². The van der Waals surface area contributed by atoms with Crippen molar-refractivity contribution in [2.45, 2.75) is 37.8 Å². The number of hydrogen-bond donors (Lipinski definition) is 0. The number of fused-ring (bicyclic) bond motifs is 4. The van der Waals surface area contributed by atoms with Crippen LogP contribution >= 0.6 is 0 Å². The van der Waals surface area contributed by atoms with Crippen LogP contribution < -0.4 is 0 Å². The number of nitrogens with zero attached hydrogens (tertiary/aromatic N) is 7. The van der Waals surface area contributed by atoms with Gasteiger partial charge in [-0.2, -0.15) is 15.3 Å². The molecule has 6 rings (SSSR count). The molecule has 1 aromatic carbocycles. The van der Waals surface area contributed by atoms with Crippen LogP contribution in [0.15, 0.2) is 42.9 Å². The summed E-state index contributed by atoms with van der Waals surface area (Å²) in [6, 6.07) is 4.96. The van der Waals surface area contributed by atoms with Crippen LogP contribution in [0.3, 0.4) is 0 Å². The van der Waals surface area contributed by atoms with Gasteiger partial charge in [-0.15, -0.1) is 4.80 Å². The molecule has 1 amide bonds. The van der Waals surface area contributed by atoms with E-state index in [-0.39, 0.29) is 29.2 Å². The first-order valence-electron chi connectivity index (χ1n) is 11.3. The largest absolute Gasteiger partial charge is 0.325 e. The summed E-state index contributed by atoms with van der Waals surface area (Å²) < 4.78 is 43.2. The zero-order valence-corrected chi connectivity index (χ0v) is 18.7. The molecule has 35 heavy (non-hydrogen) atoms. The van der Waals surface area contributed by atoms with E-state index in [0.717, 1.165) is 30.5 Å². The van der Waals surface area contributed by atoms with E-state index in [1.165, 1.54) is 17.2 Å². The van der Waals surface area contributed by atoms with Crippen LogP contribution in [0.2, 0.25) is 0 Å². The lowest BCUT2D eigenvalue weighted by atomic mass is 9.81. The van der Waals surface area contributed by atoms with Gasteiger partial charge in [0.05, 0.1) is 29.8 Å². The van der Waals surface area contributed by atoms with Crippen molar-refractivity contribution in [2.75, 3.05) is 0 Å². The first-order valence-corrected chi connectivity index (χ1v) is 11.3. The van der Waals surface area contributed by atoms with Crippen molar-refractivity contribution in [1.29, 1.82) is 0 Å². The van der Waals surface area contributed by atoms with Crippen LogP contribution in [0.25, 0.3) is 16.9 Å². The summed E-state index contributed by atoms with van der Waals surface area (Å²) in [7, 11) is 1.68. The van der Waals surface area contributed by atoms with E-state index in [4.69, 9.17) is 0 Å². The Kier molecular flexibility index (Phi) is 4.94. The highest BCUT2D eigenvalue weighted by atomic mass is 19.2. The Balaban J connectivity index is 1.44. The smallest absolute Gasteiger partial charge is 0.275 e. The molecular weight excluding hydrogens is 459 g/mol. The molecule has 2 aliphatic heterocycles. The third-order valence-electron chi connectivity index (χ3n) is 6.79. The Morgan fingerprint density at radius 2 is 1.80 bits per heavy atom. The highest BCUT2D eigenvalue weighted by Gasteiger charge is 2.44. The molecule has 0 spiro atoms. The number of halogens is 3.